The van der Waals surface area contributed by atoms with Crippen LogP contribution < -0.4 is 0 Å². The van der Waals surface area contributed by atoms with E-state index in [9.17, 15) is 9.59 Å². The first-order chi connectivity index (χ1) is 17.9. The Kier molecular flexibility index (Phi) is 10.3. The van der Waals surface area contributed by atoms with Crippen LogP contribution in [0.15, 0.2) is 48.0 Å². The number of hydrazine groups is 1. The Morgan fingerprint density at radius 3 is 2.63 bits per heavy atom. The second-order valence-electron chi connectivity index (χ2n) is 10.8. The number of carbonyl (C=O) groups excluding carboxylic acids is 2. The fourth-order valence-corrected chi connectivity index (χ4v) is 6.82. The van der Waals surface area contributed by atoms with Crippen LogP contribution in [-0.2, 0) is 22.0 Å². The summed E-state index contributed by atoms with van der Waals surface area (Å²) in [5.74, 6) is 2.39. The Hall–Kier alpha value is -2.51. The number of thioether (sulfide) groups is 1. The van der Waals surface area contributed by atoms with Gasteiger partial charge >= 0.3 is 11.2 Å². The van der Waals surface area contributed by atoms with Gasteiger partial charge in [-0.15, -0.1) is 17.8 Å². The quantitative estimate of drug-likeness (QED) is 0.166. The fraction of sp³-hybridized carbons (Fsp3) is 0.448. The van der Waals surface area contributed by atoms with Crippen molar-refractivity contribution in [1.29, 1.82) is 0 Å². The van der Waals surface area contributed by atoms with Gasteiger partial charge in [0, 0.05) is 36.2 Å². The van der Waals surface area contributed by atoms with Gasteiger partial charge in [0.2, 0.25) is 0 Å². The van der Waals surface area contributed by atoms with Gasteiger partial charge in [-0.25, -0.2) is 9.80 Å². The minimum atomic E-state index is -2.03. The summed E-state index contributed by atoms with van der Waals surface area (Å²) in [7, 11) is -0.650. The van der Waals surface area contributed by atoms with Gasteiger partial charge in [0.1, 0.15) is 4.88 Å². The second-order valence-corrected chi connectivity index (χ2v) is 17.6. The summed E-state index contributed by atoms with van der Waals surface area (Å²) in [6.07, 6.45) is 9.76. The third kappa shape index (κ3) is 8.00. The number of hydrogen-bond acceptors (Lipinski definition) is 7. The van der Waals surface area contributed by atoms with Crippen molar-refractivity contribution in [3.05, 3.63) is 68.9 Å². The number of terminal acetylenes is 1. The number of nitrogens with zero attached hydrogens (tertiary/aromatic N) is 2. The molecule has 0 bridgehead atoms. The Morgan fingerprint density at radius 1 is 1.18 bits per heavy atom. The van der Waals surface area contributed by atoms with Crippen molar-refractivity contribution in [3.8, 4) is 12.3 Å². The maximum Gasteiger partial charge on any atom is 0.348 e. The standard InChI is InChI=1S/C29H38N2O4S2Si/c1-8-22-10-9-11-23(20-22)21-24(35-38(6,7)29(2,3)4)14-16-30-18-19-36-28(33)31(30)17-15-25-12-13-26(37-25)27(32)34-5/h1,9-13,18-20,24H,14-17,21H2,2-7H3/t24-/m1/s1. The maximum atomic E-state index is 12.8. The van der Waals surface area contributed by atoms with Gasteiger partial charge in [-0.05, 0) is 78.0 Å². The predicted octanol–water partition coefficient (Wildman–Crippen LogP) is 6.94. The molecule has 2 heterocycles. The molecule has 204 valence electrons. The molecule has 0 N–H and O–H groups in total. The fourth-order valence-electron chi connectivity index (χ4n) is 3.88. The summed E-state index contributed by atoms with van der Waals surface area (Å²) in [5, 5.41) is 5.68. The molecule has 0 fully saturated rings. The van der Waals surface area contributed by atoms with Crippen molar-refractivity contribution in [2.24, 2.45) is 0 Å². The molecular weight excluding hydrogens is 533 g/mol. The van der Waals surface area contributed by atoms with E-state index in [4.69, 9.17) is 15.6 Å². The van der Waals surface area contributed by atoms with Crippen molar-refractivity contribution in [3.63, 3.8) is 0 Å². The van der Waals surface area contributed by atoms with E-state index < -0.39 is 8.32 Å². The topological polar surface area (TPSA) is 59.1 Å². The monoisotopic (exact) mass is 570 g/mol. The lowest BCUT2D eigenvalue weighted by molar-refractivity contribution is 0.0567. The van der Waals surface area contributed by atoms with Crippen molar-refractivity contribution in [2.45, 2.75) is 64.3 Å². The van der Waals surface area contributed by atoms with Crippen molar-refractivity contribution in [2.75, 3.05) is 20.2 Å². The second kappa shape index (κ2) is 13.0. The largest absolute Gasteiger partial charge is 0.465 e. The van der Waals surface area contributed by atoms with E-state index in [1.54, 1.807) is 11.1 Å². The van der Waals surface area contributed by atoms with E-state index in [1.807, 2.05) is 34.8 Å². The number of hydrogen-bond donors (Lipinski definition) is 0. The number of benzene rings is 1. The molecule has 0 radical (unpaired) electrons. The van der Waals surface area contributed by atoms with E-state index in [-0.39, 0.29) is 22.4 Å². The number of thiophene rings is 1. The molecule has 1 aliphatic rings. The molecule has 0 saturated heterocycles. The molecule has 1 amide bonds. The van der Waals surface area contributed by atoms with Gasteiger partial charge < -0.3 is 9.16 Å². The highest BCUT2D eigenvalue weighted by molar-refractivity contribution is 8.16. The maximum absolute atomic E-state index is 12.8. The number of methoxy groups -OCH3 is 1. The molecule has 1 aromatic carbocycles. The molecule has 9 heteroatoms. The third-order valence-corrected chi connectivity index (χ3v) is 13.4. The smallest absolute Gasteiger partial charge is 0.348 e. The molecule has 3 rings (SSSR count). The lowest BCUT2D eigenvalue weighted by Gasteiger charge is -2.41. The minimum Gasteiger partial charge on any atom is -0.465 e. The van der Waals surface area contributed by atoms with Crippen LogP contribution in [0.25, 0.3) is 0 Å². The summed E-state index contributed by atoms with van der Waals surface area (Å²) in [5.41, 5.74) is 2.02. The van der Waals surface area contributed by atoms with Crippen LogP contribution in [0.3, 0.4) is 0 Å². The summed E-state index contributed by atoms with van der Waals surface area (Å²) in [6, 6.07) is 11.8. The Labute approximate surface area is 236 Å². The van der Waals surface area contributed by atoms with E-state index in [1.165, 1.54) is 30.2 Å². The molecule has 1 atom stereocenters. The van der Waals surface area contributed by atoms with Gasteiger partial charge in [-0.3, -0.25) is 9.80 Å². The molecular formula is C29H38N2O4S2Si. The molecule has 0 unspecified atom stereocenters. The number of carbonyl (C=O) groups is 2. The van der Waals surface area contributed by atoms with Gasteiger partial charge in [-0.1, -0.05) is 38.8 Å². The van der Waals surface area contributed by atoms with Gasteiger partial charge in [0.15, 0.2) is 8.32 Å². The summed E-state index contributed by atoms with van der Waals surface area (Å²) in [4.78, 5) is 26.2. The molecule has 6 nitrogen and oxygen atoms in total. The zero-order valence-corrected chi connectivity index (χ0v) is 25.8. The van der Waals surface area contributed by atoms with Crippen LogP contribution in [0.4, 0.5) is 4.79 Å². The van der Waals surface area contributed by atoms with Crippen LogP contribution in [0.5, 0.6) is 0 Å². The van der Waals surface area contributed by atoms with Crippen molar-refractivity contribution in [1.82, 2.24) is 10.0 Å². The number of esters is 1. The van der Waals surface area contributed by atoms with E-state index in [0.717, 1.165) is 28.8 Å². The molecule has 0 aliphatic carbocycles. The first-order valence-electron chi connectivity index (χ1n) is 12.8. The van der Waals surface area contributed by atoms with Crippen molar-refractivity contribution < 1.29 is 18.8 Å². The first-order valence-corrected chi connectivity index (χ1v) is 17.4. The number of ether oxygens (including phenoxy) is 1. The molecule has 0 spiro atoms. The Bertz CT molecular complexity index is 1200. The average molecular weight is 571 g/mol. The minimum absolute atomic E-state index is 0.0104. The summed E-state index contributed by atoms with van der Waals surface area (Å²) >= 11 is 2.59. The van der Waals surface area contributed by atoms with E-state index >= 15 is 0 Å². The van der Waals surface area contributed by atoms with Crippen LogP contribution in [-0.4, -0.2) is 55.8 Å². The zero-order chi connectivity index (χ0) is 27.9. The highest BCUT2D eigenvalue weighted by atomic mass is 32.2. The van der Waals surface area contributed by atoms with E-state index in [2.05, 4.69) is 51.9 Å². The highest BCUT2D eigenvalue weighted by Gasteiger charge is 2.39. The average Bonchev–Trinajstić information content (AvgIpc) is 3.34. The summed E-state index contributed by atoms with van der Waals surface area (Å²) < 4.78 is 11.7. The van der Waals surface area contributed by atoms with Crippen LogP contribution >= 0.6 is 23.1 Å². The lowest BCUT2D eigenvalue weighted by Crippen LogP contribution is -2.47. The molecule has 1 aliphatic heterocycles. The normalized spacial score (nSPS) is 14.9. The zero-order valence-electron chi connectivity index (χ0n) is 23.2. The Morgan fingerprint density at radius 2 is 1.95 bits per heavy atom. The summed E-state index contributed by atoms with van der Waals surface area (Å²) in [6.45, 7) is 12.5. The molecule has 2 aromatic rings. The first kappa shape index (κ1) is 30.0. The SMILES string of the molecule is C#Cc1cccc(C[C@@H](CCN2C=CSC(=O)N2CCc2ccc(C(=O)OC)s2)O[Si](C)(C)C(C)(C)C)c1. The third-order valence-electron chi connectivity index (χ3n) is 7.05. The number of amides is 1. The molecule has 38 heavy (non-hydrogen) atoms. The van der Waals surface area contributed by atoms with Gasteiger partial charge in [-0.2, -0.15) is 0 Å². The van der Waals surface area contributed by atoms with Crippen LogP contribution in [0, 0.1) is 12.3 Å². The highest BCUT2D eigenvalue weighted by Crippen LogP contribution is 2.38. The Balaban J connectivity index is 1.72. The molecule has 0 saturated carbocycles. The predicted molar refractivity (Wildman–Crippen MR) is 160 cm³/mol. The van der Waals surface area contributed by atoms with Crippen LogP contribution in [0.2, 0.25) is 18.1 Å². The van der Waals surface area contributed by atoms with Crippen LogP contribution in [0.1, 0.15) is 52.9 Å². The van der Waals surface area contributed by atoms with Gasteiger partial charge in [0.25, 0.3) is 0 Å². The molecule has 1 aromatic heterocycles. The van der Waals surface area contributed by atoms with Gasteiger partial charge in [0.05, 0.1) is 13.2 Å². The lowest BCUT2D eigenvalue weighted by atomic mass is 10.0. The number of rotatable bonds is 11. The van der Waals surface area contributed by atoms with Crippen molar-refractivity contribution >= 4 is 42.6 Å². The van der Waals surface area contributed by atoms with E-state index in [0.29, 0.717) is 24.4 Å².